The molecule has 4 nitrogen and oxygen atoms in total. The zero-order valence-electron chi connectivity index (χ0n) is 13.8. The van der Waals surface area contributed by atoms with Gasteiger partial charge in [-0.1, -0.05) is 25.1 Å². The van der Waals surface area contributed by atoms with Gasteiger partial charge in [0.1, 0.15) is 11.5 Å². The molecule has 0 aliphatic carbocycles. The van der Waals surface area contributed by atoms with Crippen molar-refractivity contribution in [3.05, 3.63) is 54.1 Å². The molecule has 0 saturated heterocycles. The van der Waals surface area contributed by atoms with Crippen LogP contribution in [-0.4, -0.2) is 19.1 Å². The monoisotopic (exact) mass is 353 g/mol. The Labute approximate surface area is 143 Å². The third-order valence-electron chi connectivity index (χ3n) is 3.47. The van der Waals surface area contributed by atoms with Gasteiger partial charge in [0.15, 0.2) is 6.10 Å². The van der Waals surface area contributed by atoms with E-state index < -0.39 is 23.8 Å². The average Bonchev–Trinajstić information content (AvgIpc) is 2.59. The summed E-state index contributed by atoms with van der Waals surface area (Å²) in [5, 5.41) is 2.30. The Morgan fingerprint density at radius 2 is 1.80 bits per heavy atom. The van der Waals surface area contributed by atoms with Gasteiger partial charge in [0.2, 0.25) is 0 Å². The number of anilines is 1. The Balaban J connectivity index is 2.15. The third kappa shape index (κ3) is 4.89. The number of hydrogen-bond donors (Lipinski definition) is 1. The SMILES string of the molecule is CC[C@@H](Oc1cccc(OC)c1)C(=O)Nc1ccccc1C(F)(F)F. The van der Waals surface area contributed by atoms with E-state index in [1.807, 2.05) is 0 Å². The summed E-state index contributed by atoms with van der Waals surface area (Å²) in [6.45, 7) is 1.71. The van der Waals surface area contributed by atoms with Crippen LogP contribution in [-0.2, 0) is 11.0 Å². The molecule has 0 saturated carbocycles. The van der Waals surface area contributed by atoms with Crippen molar-refractivity contribution < 1.29 is 27.4 Å². The van der Waals surface area contributed by atoms with Gasteiger partial charge < -0.3 is 14.8 Å². The highest BCUT2D eigenvalue weighted by molar-refractivity contribution is 5.95. The Kier molecular flexibility index (Phi) is 5.90. The quantitative estimate of drug-likeness (QED) is 0.831. The van der Waals surface area contributed by atoms with Crippen LogP contribution in [0, 0.1) is 0 Å². The Morgan fingerprint density at radius 3 is 2.44 bits per heavy atom. The third-order valence-corrected chi connectivity index (χ3v) is 3.47. The summed E-state index contributed by atoms with van der Waals surface area (Å²) in [5.41, 5.74) is -1.20. The van der Waals surface area contributed by atoms with Crippen LogP contribution < -0.4 is 14.8 Å². The molecule has 0 bridgehead atoms. The molecule has 0 aliphatic heterocycles. The predicted octanol–water partition coefficient (Wildman–Crippen LogP) is 4.51. The van der Waals surface area contributed by atoms with Crippen molar-refractivity contribution in [3.63, 3.8) is 0 Å². The molecule has 7 heteroatoms. The summed E-state index contributed by atoms with van der Waals surface area (Å²) in [6.07, 6.45) is -5.20. The van der Waals surface area contributed by atoms with Gasteiger partial charge in [0, 0.05) is 6.07 Å². The molecule has 25 heavy (non-hydrogen) atoms. The van der Waals surface area contributed by atoms with Crippen LogP contribution in [0.1, 0.15) is 18.9 Å². The van der Waals surface area contributed by atoms with Crippen molar-refractivity contribution in [2.45, 2.75) is 25.6 Å². The van der Waals surface area contributed by atoms with Gasteiger partial charge >= 0.3 is 6.18 Å². The number of ether oxygens (including phenoxy) is 2. The Bertz CT molecular complexity index is 732. The van der Waals surface area contributed by atoms with Crippen LogP contribution in [0.15, 0.2) is 48.5 Å². The minimum Gasteiger partial charge on any atom is -0.497 e. The van der Waals surface area contributed by atoms with E-state index in [-0.39, 0.29) is 12.1 Å². The molecule has 0 unspecified atom stereocenters. The number of halogens is 3. The van der Waals surface area contributed by atoms with Crippen LogP contribution in [0.4, 0.5) is 18.9 Å². The van der Waals surface area contributed by atoms with Crippen molar-refractivity contribution in [2.75, 3.05) is 12.4 Å². The topological polar surface area (TPSA) is 47.6 Å². The minimum absolute atomic E-state index is 0.289. The lowest BCUT2D eigenvalue weighted by Crippen LogP contribution is -2.33. The molecule has 1 amide bonds. The number of methoxy groups -OCH3 is 1. The van der Waals surface area contributed by atoms with Gasteiger partial charge in [0.05, 0.1) is 18.4 Å². The minimum atomic E-state index is -4.56. The number of hydrogen-bond acceptors (Lipinski definition) is 3. The highest BCUT2D eigenvalue weighted by atomic mass is 19.4. The van der Waals surface area contributed by atoms with Gasteiger partial charge in [-0.3, -0.25) is 4.79 Å². The van der Waals surface area contributed by atoms with Crippen LogP contribution in [0.3, 0.4) is 0 Å². The molecule has 0 aliphatic rings. The van der Waals surface area contributed by atoms with E-state index in [1.165, 1.54) is 25.3 Å². The molecule has 0 aromatic heterocycles. The van der Waals surface area contributed by atoms with Crippen molar-refractivity contribution in [1.82, 2.24) is 0 Å². The van der Waals surface area contributed by atoms with Gasteiger partial charge in [-0.05, 0) is 30.7 Å². The van der Waals surface area contributed by atoms with Gasteiger partial charge in [-0.25, -0.2) is 0 Å². The highest BCUT2D eigenvalue weighted by Gasteiger charge is 2.34. The maximum atomic E-state index is 13.0. The lowest BCUT2D eigenvalue weighted by atomic mass is 10.1. The maximum absolute atomic E-state index is 13.0. The maximum Gasteiger partial charge on any atom is 0.418 e. The van der Waals surface area contributed by atoms with Crippen LogP contribution in [0.2, 0.25) is 0 Å². The summed E-state index contributed by atoms with van der Waals surface area (Å²) in [7, 11) is 1.50. The molecule has 0 fully saturated rings. The van der Waals surface area contributed by atoms with Crippen LogP contribution >= 0.6 is 0 Å². The Hall–Kier alpha value is -2.70. The molecule has 2 rings (SSSR count). The number of alkyl halides is 3. The van der Waals surface area contributed by atoms with Crippen molar-refractivity contribution >= 4 is 11.6 Å². The van der Waals surface area contributed by atoms with Gasteiger partial charge in [-0.15, -0.1) is 0 Å². The van der Waals surface area contributed by atoms with Crippen LogP contribution in [0.25, 0.3) is 0 Å². The molecule has 134 valence electrons. The number of benzene rings is 2. The summed E-state index contributed by atoms with van der Waals surface area (Å²) >= 11 is 0. The number of amides is 1. The number of nitrogens with one attached hydrogen (secondary N) is 1. The normalized spacial score (nSPS) is 12.4. The smallest absolute Gasteiger partial charge is 0.418 e. The molecule has 0 spiro atoms. The largest absolute Gasteiger partial charge is 0.497 e. The molecule has 2 aromatic carbocycles. The second kappa shape index (κ2) is 7.92. The molecular weight excluding hydrogens is 335 g/mol. The summed E-state index contributed by atoms with van der Waals surface area (Å²) in [4.78, 5) is 12.3. The number of para-hydroxylation sites is 1. The second-order valence-corrected chi connectivity index (χ2v) is 5.23. The molecule has 2 aromatic rings. The van der Waals surface area contributed by atoms with E-state index in [9.17, 15) is 18.0 Å². The fourth-order valence-electron chi connectivity index (χ4n) is 2.21. The second-order valence-electron chi connectivity index (χ2n) is 5.23. The first-order valence-electron chi connectivity index (χ1n) is 7.63. The molecule has 1 N–H and O–H groups in total. The first-order chi connectivity index (χ1) is 11.8. The predicted molar refractivity (Wildman–Crippen MR) is 87.8 cm³/mol. The molecular formula is C18H18F3NO3. The zero-order chi connectivity index (χ0) is 18.4. The van der Waals surface area contributed by atoms with Crippen molar-refractivity contribution in [1.29, 1.82) is 0 Å². The summed E-state index contributed by atoms with van der Waals surface area (Å²) in [5.74, 6) is 0.294. The molecule has 1 atom stereocenters. The standard InChI is InChI=1S/C18H18F3NO3/c1-3-16(25-13-8-6-7-12(11-13)24-2)17(23)22-15-10-5-4-9-14(15)18(19,20)21/h4-11,16H,3H2,1-2H3,(H,22,23)/t16-/m1/s1. The number of carbonyl (C=O) groups excluding carboxylic acids is 1. The molecule has 0 radical (unpaired) electrons. The Morgan fingerprint density at radius 1 is 1.12 bits per heavy atom. The molecule has 0 heterocycles. The lowest BCUT2D eigenvalue weighted by Gasteiger charge is -2.19. The van der Waals surface area contributed by atoms with Gasteiger partial charge in [-0.2, -0.15) is 13.2 Å². The highest BCUT2D eigenvalue weighted by Crippen LogP contribution is 2.34. The first kappa shape index (κ1) is 18.6. The van der Waals surface area contributed by atoms with E-state index >= 15 is 0 Å². The van der Waals surface area contributed by atoms with Crippen molar-refractivity contribution in [2.24, 2.45) is 0 Å². The zero-order valence-corrected chi connectivity index (χ0v) is 13.8. The van der Waals surface area contributed by atoms with E-state index in [2.05, 4.69) is 5.32 Å². The van der Waals surface area contributed by atoms with E-state index in [0.717, 1.165) is 6.07 Å². The van der Waals surface area contributed by atoms with Crippen LogP contribution in [0.5, 0.6) is 11.5 Å². The number of rotatable bonds is 6. The number of carbonyl (C=O) groups is 1. The van der Waals surface area contributed by atoms with E-state index in [4.69, 9.17) is 9.47 Å². The fourth-order valence-corrected chi connectivity index (χ4v) is 2.21. The van der Waals surface area contributed by atoms with Gasteiger partial charge in [0.25, 0.3) is 5.91 Å². The van der Waals surface area contributed by atoms with E-state index in [1.54, 1.807) is 31.2 Å². The lowest BCUT2D eigenvalue weighted by molar-refractivity contribution is -0.137. The summed E-state index contributed by atoms with van der Waals surface area (Å²) in [6, 6.07) is 11.5. The average molecular weight is 353 g/mol. The summed E-state index contributed by atoms with van der Waals surface area (Å²) < 4.78 is 49.7. The fraction of sp³-hybridized carbons (Fsp3) is 0.278. The van der Waals surface area contributed by atoms with Crippen molar-refractivity contribution in [3.8, 4) is 11.5 Å². The van der Waals surface area contributed by atoms with E-state index in [0.29, 0.717) is 11.5 Å². The first-order valence-corrected chi connectivity index (χ1v) is 7.63.